The summed E-state index contributed by atoms with van der Waals surface area (Å²) in [5, 5.41) is 0. The van der Waals surface area contributed by atoms with Gasteiger partial charge in [0.25, 0.3) is 5.91 Å². The highest BCUT2D eigenvalue weighted by Gasteiger charge is 2.26. The number of piperidine rings is 1. The molecule has 1 amide bonds. The van der Waals surface area contributed by atoms with Crippen molar-refractivity contribution >= 4 is 5.91 Å². The summed E-state index contributed by atoms with van der Waals surface area (Å²) in [4.78, 5) is 18.2. The molecule has 1 aliphatic heterocycles. The first kappa shape index (κ1) is 13.1. The molecule has 0 bridgehead atoms. The van der Waals surface area contributed by atoms with Crippen molar-refractivity contribution < 1.29 is 4.79 Å². The summed E-state index contributed by atoms with van der Waals surface area (Å²) in [6.07, 6.45) is 6.87. The number of carbonyl (C=O) groups excluding carboxylic acids is 1. The quantitative estimate of drug-likeness (QED) is 0.821. The Morgan fingerprint density at radius 2 is 2.22 bits per heavy atom. The summed E-state index contributed by atoms with van der Waals surface area (Å²) < 4.78 is 0. The molecule has 0 N–H and O–H groups in total. The summed E-state index contributed by atoms with van der Waals surface area (Å²) in [5.74, 6) is 1.69. The fraction of sp³-hybridized carbons (Fsp3) is 0.600. The molecule has 1 aromatic heterocycles. The van der Waals surface area contributed by atoms with Gasteiger partial charge in [-0.25, -0.2) is 0 Å². The maximum atomic E-state index is 12.2. The molecule has 0 aromatic carbocycles. The molecule has 1 aromatic rings. The van der Waals surface area contributed by atoms with Gasteiger partial charge in [-0.05, 0) is 36.8 Å². The second-order valence-corrected chi connectivity index (χ2v) is 5.26. The summed E-state index contributed by atoms with van der Waals surface area (Å²) in [6, 6.07) is 3.66. The predicted octanol–water partition coefficient (Wildman–Crippen LogP) is 2.98. The minimum absolute atomic E-state index is 0.130. The van der Waals surface area contributed by atoms with E-state index in [1.165, 1.54) is 6.42 Å². The van der Waals surface area contributed by atoms with Crippen LogP contribution >= 0.6 is 0 Å². The largest absolute Gasteiger partial charge is 0.339 e. The third-order valence-electron chi connectivity index (χ3n) is 4.18. The molecule has 1 aliphatic rings. The van der Waals surface area contributed by atoms with E-state index in [4.69, 9.17) is 0 Å². The molecule has 0 spiro atoms. The molecular weight excluding hydrogens is 224 g/mol. The van der Waals surface area contributed by atoms with E-state index >= 15 is 0 Å². The van der Waals surface area contributed by atoms with Gasteiger partial charge in [0.15, 0.2) is 0 Å². The van der Waals surface area contributed by atoms with Crippen LogP contribution in [0.1, 0.15) is 43.5 Å². The van der Waals surface area contributed by atoms with Gasteiger partial charge in [0.2, 0.25) is 0 Å². The van der Waals surface area contributed by atoms with Crippen molar-refractivity contribution in [1.82, 2.24) is 9.88 Å². The lowest BCUT2D eigenvalue weighted by Crippen LogP contribution is -2.39. The molecule has 3 nitrogen and oxygen atoms in total. The van der Waals surface area contributed by atoms with Crippen LogP contribution in [-0.2, 0) is 0 Å². The summed E-state index contributed by atoms with van der Waals surface area (Å²) >= 11 is 0. The van der Waals surface area contributed by atoms with Crippen LogP contribution in [0, 0.1) is 11.8 Å². The lowest BCUT2D eigenvalue weighted by molar-refractivity contribution is 0.0661. The number of nitrogens with zero attached hydrogens (tertiary/aromatic N) is 2. The first-order valence-electron chi connectivity index (χ1n) is 6.91. The van der Waals surface area contributed by atoms with Gasteiger partial charge in [-0.3, -0.25) is 9.78 Å². The molecule has 0 saturated carbocycles. The minimum Gasteiger partial charge on any atom is -0.339 e. The standard InChI is InChI=1S/C15H22N2O/c1-3-12(2)13-6-9-17(10-7-13)15(18)14-5-4-8-16-11-14/h4-5,8,11-13H,3,6-7,9-10H2,1-2H3. The van der Waals surface area contributed by atoms with Crippen LogP contribution in [0.4, 0.5) is 0 Å². The normalized spacial score (nSPS) is 18.7. The molecule has 2 rings (SSSR count). The van der Waals surface area contributed by atoms with E-state index in [1.54, 1.807) is 12.4 Å². The number of rotatable bonds is 3. The Balaban J connectivity index is 1.92. The zero-order valence-corrected chi connectivity index (χ0v) is 11.3. The van der Waals surface area contributed by atoms with Crippen LogP contribution in [0.2, 0.25) is 0 Å². The second kappa shape index (κ2) is 5.98. The Morgan fingerprint density at radius 3 is 2.78 bits per heavy atom. The van der Waals surface area contributed by atoms with Crippen LogP contribution < -0.4 is 0 Å². The highest BCUT2D eigenvalue weighted by molar-refractivity contribution is 5.93. The number of hydrogen-bond acceptors (Lipinski definition) is 2. The topological polar surface area (TPSA) is 33.2 Å². The van der Waals surface area contributed by atoms with Crippen LogP contribution in [0.5, 0.6) is 0 Å². The predicted molar refractivity (Wildman–Crippen MR) is 72.3 cm³/mol. The molecule has 0 radical (unpaired) electrons. The monoisotopic (exact) mass is 246 g/mol. The maximum absolute atomic E-state index is 12.2. The Labute approximate surface area is 109 Å². The zero-order valence-electron chi connectivity index (χ0n) is 11.3. The van der Waals surface area contributed by atoms with Crippen LogP contribution in [0.25, 0.3) is 0 Å². The average molecular weight is 246 g/mol. The highest BCUT2D eigenvalue weighted by Crippen LogP contribution is 2.27. The van der Waals surface area contributed by atoms with Crippen LogP contribution in [-0.4, -0.2) is 28.9 Å². The lowest BCUT2D eigenvalue weighted by Gasteiger charge is -2.34. The van der Waals surface area contributed by atoms with Crippen LogP contribution in [0.3, 0.4) is 0 Å². The van der Waals surface area contributed by atoms with E-state index < -0.39 is 0 Å². The molecule has 1 fully saturated rings. The number of pyridine rings is 1. The van der Waals surface area contributed by atoms with Crippen molar-refractivity contribution in [2.24, 2.45) is 11.8 Å². The van der Waals surface area contributed by atoms with E-state index in [9.17, 15) is 4.79 Å². The average Bonchev–Trinajstić information content (AvgIpc) is 2.47. The Hall–Kier alpha value is -1.38. The molecule has 2 heterocycles. The number of amides is 1. The van der Waals surface area contributed by atoms with E-state index in [-0.39, 0.29) is 5.91 Å². The van der Waals surface area contributed by atoms with Crippen LogP contribution in [0.15, 0.2) is 24.5 Å². The highest BCUT2D eigenvalue weighted by atomic mass is 16.2. The fourth-order valence-electron chi connectivity index (χ4n) is 2.68. The first-order chi connectivity index (χ1) is 8.72. The number of hydrogen-bond donors (Lipinski definition) is 0. The van der Waals surface area contributed by atoms with Gasteiger partial charge in [0, 0.05) is 25.5 Å². The summed E-state index contributed by atoms with van der Waals surface area (Å²) in [7, 11) is 0. The van der Waals surface area contributed by atoms with Crippen molar-refractivity contribution in [3.63, 3.8) is 0 Å². The third kappa shape index (κ3) is 2.89. The van der Waals surface area contributed by atoms with Crippen molar-refractivity contribution in [3.05, 3.63) is 30.1 Å². The van der Waals surface area contributed by atoms with E-state index in [0.29, 0.717) is 5.56 Å². The smallest absolute Gasteiger partial charge is 0.255 e. The maximum Gasteiger partial charge on any atom is 0.255 e. The minimum atomic E-state index is 0.130. The third-order valence-corrected chi connectivity index (χ3v) is 4.18. The zero-order chi connectivity index (χ0) is 13.0. The molecule has 0 aliphatic carbocycles. The molecule has 1 saturated heterocycles. The van der Waals surface area contributed by atoms with Gasteiger partial charge in [0.05, 0.1) is 5.56 Å². The van der Waals surface area contributed by atoms with Crippen molar-refractivity contribution in [3.8, 4) is 0 Å². The molecule has 1 atom stereocenters. The van der Waals surface area contributed by atoms with Gasteiger partial charge < -0.3 is 4.90 Å². The second-order valence-electron chi connectivity index (χ2n) is 5.26. The molecular formula is C15H22N2O. The Bertz CT molecular complexity index is 383. The Kier molecular flexibility index (Phi) is 4.34. The lowest BCUT2D eigenvalue weighted by atomic mass is 9.84. The van der Waals surface area contributed by atoms with Gasteiger partial charge in [-0.2, -0.15) is 0 Å². The van der Waals surface area contributed by atoms with Crippen molar-refractivity contribution in [2.75, 3.05) is 13.1 Å². The molecule has 3 heteroatoms. The molecule has 98 valence electrons. The van der Waals surface area contributed by atoms with E-state index in [2.05, 4.69) is 18.8 Å². The first-order valence-corrected chi connectivity index (χ1v) is 6.91. The number of likely N-dealkylation sites (tertiary alicyclic amines) is 1. The van der Waals surface area contributed by atoms with Crippen molar-refractivity contribution in [2.45, 2.75) is 33.1 Å². The van der Waals surface area contributed by atoms with E-state index in [0.717, 1.165) is 37.8 Å². The summed E-state index contributed by atoms with van der Waals surface area (Å²) in [6.45, 7) is 6.35. The fourth-order valence-corrected chi connectivity index (χ4v) is 2.68. The van der Waals surface area contributed by atoms with Gasteiger partial charge in [-0.1, -0.05) is 20.3 Å². The van der Waals surface area contributed by atoms with Gasteiger partial charge in [-0.15, -0.1) is 0 Å². The molecule has 1 unspecified atom stereocenters. The summed E-state index contributed by atoms with van der Waals surface area (Å²) in [5.41, 5.74) is 0.708. The Morgan fingerprint density at radius 1 is 1.50 bits per heavy atom. The van der Waals surface area contributed by atoms with Gasteiger partial charge in [0.1, 0.15) is 0 Å². The van der Waals surface area contributed by atoms with Crippen molar-refractivity contribution in [1.29, 1.82) is 0 Å². The number of carbonyl (C=O) groups is 1. The van der Waals surface area contributed by atoms with E-state index in [1.807, 2.05) is 17.0 Å². The molecule has 18 heavy (non-hydrogen) atoms. The number of aromatic nitrogens is 1. The van der Waals surface area contributed by atoms with Gasteiger partial charge >= 0.3 is 0 Å². The SMILES string of the molecule is CCC(C)C1CCN(C(=O)c2cccnc2)CC1.